The van der Waals surface area contributed by atoms with Crippen LogP contribution in [-0.4, -0.2) is 10.2 Å². The van der Waals surface area contributed by atoms with Crippen LogP contribution in [0.15, 0.2) is 23.2 Å². The minimum atomic E-state index is 0.746. The molecule has 4 heteroatoms. The van der Waals surface area contributed by atoms with Crippen molar-refractivity contribution in [1.82, 2.24) is 4.98 Å². The van der Waals surface area contributed by atoms with E-state index in [2.05, 4.69) is 16.5 Å². The summed E-state index contributed by atoms with van der Waals surface area (Å²) in [5.41, 5.74) is 2.58. The Kier molecular flexibility index (Phi) is 3.86. The fourth-order valence-corrected chi connectivity index (χ4v) is 3.13. The zero-order chi connectivity index (χ0) is 10.5. The Morgan fingerprint density at radius 3 is 2.80 bits per heavy atom. The van der Waals surface area contributed by atoms with Gasteiger partial charge in [-0.3, -0.25) is 0 Å². The zero-order valence-electron chi connectivity index (χ0n) is 8.78. The summed E-state index contributed by atoms with van der Waals surface area (Å²) in [6.45, 7) is 0. The monoisotopic (exact) mass is 223 g/mol. The third-order valence-corrected chi connectivity index (χ3v) is 3.98. The highest BCUT2D eigenvalue weighted by Gasteiger charge is 2.15. The number of thioether (sulfide) groups is 1. The van der Waals surface area contributed by atoms with Crippen molar-refractivity contribution >= 4 is 17.6 Å². The summed E-state index contributed by atoms with van der Waals surface area (Å²) < 4.78 is 0. The number of anilines is 1. The van der Waals surface area contributed by atoms with E-state index >= 15 is 0 Å². The summed E-state index contributed by atoms with van der Waals surface area (Å²) in [6.07, 6.45) is 6.78. The average Bonchev–Trinajstić information content (AvgIpc) is 2.31. The lowest BCUT2D eigenvalue weighted by Crippen LogP contribution is -2.10. The molecule has 1 fully saturated rings. The van der Waals surface area contributed by atoms with Crippen molar-refractivity contribution in [3.05, 3.63) is 18.2 Å². The van der Waals surface area contributed by atoms with Gasteiger partial charge < -0.3 is 5.43 Å². The van der Waals surface area contributed by atoms with Gasteiger partial charge in [0, 0.05) is 5.25 Å². The molecule has 0 aliphatic heterocycles. The van der Waals surface area contributed by atoms with Gasteiger partial charge in [-0.1, -0.05) is 25.3 Å². The summed E-state index contributed by atoms with van der Waals surface area (Å²) in [7, 11) is 0. The maximum atomic E-state index is 5.33. The predicted molar refractivity (Wildman–Crippen MR) is 64.8 cm³/mol. The maximum Gasteiger partial charge on any atom is 0.141 e. The van der Waals surface area contributed by atoms with Gasteiger partial charge in [0.05, 0.1) is 5.03 Å². The van der Waals surface area contributed by atoms with Gasteiger partial charge >= 0.3 is 0 Å². The molecule has 1 heterocycles. The highest BCUT2D eigenvalue weighted by molar-refractivity contribution is 7.99. The van der Waals surface area contributed by atoms with Gasteiger partial charge in [0.1, 0.15) is 5.82 Å². The van der Waals surface area contributed by atoms with Gasteiger partial charge in [0.25, 0.3) is 0 Å². The van der Waals surface area contributed by atoms with Crippen molar-refractivity contribution in [3.8, 4) is 0 Å². The molecule has 82 valence electrons. The molecular weight excluding hydrogens is 206 g/mol. The third kappa shape index (κ3) is 3.11. The molecule has 1 aliphatic carbocycles. The minimum Gasteiger partial charge on any atom is -0.308 e. The Labute approximate surface area is 94.8 Å². The van der Waals surface area contributed by atoms with Gasteiger partial charge in [-0.15, -0.1) is 11.8 Å². The normalized spacial score (nSPS) is 17.7. The van der Waals surface area contributed by atoms with Crippen LogP contribution in [0, 0.1) is 0 Å². The fraction of sp³-hybridized carbons (Fsp3) is 0.545. The molecule has 0 aromatic carbocycles. The number of hydrogen-bond acceptors (Lipinski definition) is 4. The van der Waals surface area contributed by atoms with Crippen LogP contribution in [0.3, 0.4) is 0 Å². The molecule has 3 N–H and O–H groups in total. The Morgan fingerprint density at radius 2 is 2.07 bits per heavy atom. The number of hydrazine groups is 1. The molecular formula is C11H17N3S. The van der Waals surface area contributed by atoms with Crippen LogP contribution in [0.1, 0.15) is 32.1 Å². The van der Waals surface area contributed by atoms with Gasteiger partial charge in [0.15, 0.2) is 0 Å². The third-order valence-electron chi connectivity index (χ3n) is 2.71. The first-order chi connectivity index (χ1) is 7.38. The molecule has 15 heavy (non-hydrogen) atoms. The van der Waals surface area contributed by atoms with E-state index in [-0.39, 0.29) is 0 Å². The van der Waals surface area contributed by atoms with Crippen molar-refractivity contribution in [2.45, 2.75) is 42.4 Å². The molecule has 0 saturated heterocycles. The number of pyridine rings is 1. The van der Waals surface area contributed by atoms with E-state index in [0.717, 1.165) is 16.1 Å². The van der Waals surface area contributed by atoms with Gasteiger partial charge in [-0.2, -0.15) is 0 Å². The number of nitrogens with zero attached hydrogens (tertiary/aromatic N) is 1. The Morgan fingerprint density at radius 1 is 1.27 bits per heavy atom. The van der Waals surface area contributed by atoms with Gasteiger partial charge in [0.2, 0.25) is 0 Å². The topological polar surface area (TPSA) is 50.9 Å². The summed E-state index contributed by atoms with van der Waals surface area (Å²) in [5.74, 6) is 6.08. The van der Waals surface area contributed by atoms with Gasteiger partial charge in [-0.05, 0) is 25.0 Å². The number of nitrogen functional groups attached to an aromatic ring is 1. The highest BCUT2D eigenvalue weighted by Crippen LogP contribution is 2.32. The number of nitrogens with one attached hydrogen (secondary N) is 1. The highest BCUT2D eigenvalue weighted by atomic mass is 32.2. The van der Waals surface area contributed by atoms with Crippen LogP contribution < -0.4 is 11.3 Å². The smallest absolute Gasteiger partial charge is 0.141 e. The first-order valence-electron chi connectivity index (χ1n) is 5.49. The molecule has 1 aliphatic rings. The molecule has 1 aromatic heterocycles. The molecule has 0 amide bonds. The molecule has 1 saturated carbocycles. The number of hydrogen-bond donors (Lipinski definition) is 2. The largest absolute Gasteiger partial charge is 0.308 e. The van der Waals surface area contributed by atoms with Crippen LogP contribution in [0.25, 0.3) is 0 Å². The van der Waals surface area contributed by atoms with E-state index in [1.807, 2.05) is 23.9 Å². The molecule has 0 bridgehead atoms. The lowest BCUT2D eigenvalue weighted by molar-refractivity contribution is 0.516. The fourth-order valence-electron chi connectivity index (χ4n) is 1.91. The molecule has 3 nitrogen and oxygen atoms in total. The number of rotatable bonds is 3. The minimum absolute atomic E-state index is 0.746. The van der Waals surface area contributed by atoms with Crippen LogP contribution in [0.5, 0.6) is 0 Å². The first-order valence-corrected chi connectivity index (χ1v) is 6.37. The summed E-state index contributed by atoms with van der Waals surface area (Å²) in [4.78, 5) is 4.41. The lowest BCUT2D eigenvalue weighted by Gasteiger charge is -2.20. The van der Waals surface area contributed by atoms with Crippen molar-refractivity contribution in [3.63, 3.8) is 0 Å². The quantitative estimate of drug-likeness (QED) is 0.611. The Bertz CT molecular complexity index is 310. The Balaban J connectivity index is 1.96. The zero-order valence-corrected chi connectivity index (χ0v) is 9.59. The second-order valence-electron chi connectivity index (χ2n) is 3.88. The molecule has 0 radical (unpaired) electrons. The number of nitrogens with two attached hydrogens (primary N) is 1. The molecule has 0 atom stereocenters. The second kappa shape index (κ2) is 5.37. The average molecular weight is 223 g/mol. The van der Waals surface area contributed by atoms with E-state index in [1.54, 1.807) is 0 Å². The maximum absolute atomic E-state index is 5.33. The molecule has 0 unspecified atom stereocenters. The second-order valence-corrected chi connectivity index (χ2v) is 5.20. The van der Waals surface area contributed by atoms with E-state index in [9.17, 15) is 0 Å². The lowest BCUT2D eigenvalue weighted by atomic mass is 10.0. The summed E-state index contributed by atoms with van der Waals surface area (Å²) in [6, 6.07) is 5.93. The molecule has 1 aromatic rings. The number of aromatic nitrogens is 1. The first kappa shape index (κ1) is 10.8. The van der Waals surface area contributed by atoms with Gasteiger partial charge in [-0.25, -0.2) is 10.8 Å². The van der Waals surface area contributed by atoms with Crippen molar-refractivity contribution in [1.29, 1.82) is 0 Å². The summed E-state index contributed by atoms with van der Waals surface area (Å²) in [5, 5.41) is 1.83. The van der Waals surface area contributed by atoms with E-state index in [1.165, 1.54) is 32.1 Å². The Hall–Kier alpha value is -0.740. The van der Waals surface area contributed by atoms with Crippen LogP contribution in [0.4, 0.5) is 5.82 Å². The van der Waals surface area contributed by atoms with E-state index in [4.69, 9.17) is 5.84 Å². The van der Waals surface area contributed by atoms with E-state index < -0.39 is 0 Å². The van der Waals surface area contributed by atoms with Crippen LogP contribution in [0.2, 0.25) is 0 Å². The van der Waals surface area contributed by atoms with Crippen molar-refractivity contribution in [2.75, 3.05) is 5.43 Å². The predicted octanol–water partition coefficient (Wildman–Crippen LogP) is 2.79. The molecule has 0 spiro atoms. The molecule has 2 rings (SSSR count). The van der Waals surface area contributed by atoms with Crippen LogP contribution in [-0.2, 0) is 0 Å². The standard InChI is InChI=1S/C11H17N3S/c12-14-10-7-4-8-11(13-10)15-9-5-2-1-3-6-9/h4,7-9H,1-3,5-6,12H2,(H,13,14). The SMILES string of the molecule is NNc1cccc(SC2CCCCC2)n1. The van der Waals surface area contributed by atoms with Crippen molar-refractivity contribution < 1.29 is 0 Å². The van der Waals surface area contributed by atoms with Crippen molar-refractivity contribution in [2.24, 2.45) is 5.84 Å². The van der Waals surface area contributed by atoms with Crippen LogP contribution >= 0.6 is 11.8 Å². The summed E-state index contributed by atoms with van der Waals surface area (Å²) >= 11 is 1.89. The van der Waals surface area contributed by atoms with E-state index in [0.29, 0.717) is 0 Å².